The van der Waals surface area contributed by atoms with Crippen molar-refractivity contribution in [2.45, 2.75) is 18.6 Å². The highest BCUT2D eigenvalue weighted by Crippen LogP contribution is 2.45. The summed E-state index contributed by atoms with van der Waals surface area (Å²) in [6.45, 7) is 0. The van der Waals surface area contributed by atoms with E-state index >= 15 is 0 Å². The lowest BCUT2D eigenvalue weighted by Gasteiger charge is -2.43. The average molecular weight is 255 g/mol. The number of benzene rings is 1. The highest BCUT2D eigenvalue weighted by molar-refractivity contribution is 6.06. The smallest absolute Gasteiger partial charge is 0.193 e. The summed E-state index contributed by atoms with van der Waals surface area (Å²) in [5.74, 6) is 0.339. The van der Waals surface area contributed by atoms with Gasteiger partial charge in [0, 0.05) is 13.5 Å². The van der Waals surface area contributed by atoms with Crippen LogP contribution in [-0.2, 0) is 4.74 Å². The van der Waals surface area contributed by atoms with E-state index in [1.807, 2.05) is 12.1 Å². The first-order valence-corrected chi connectivity index (χ1v) is 6.15. The van der Waals surface area contributed by atoms with Crippen LogP contribution in [0.4, 0.5) is 0 Å². The van der Waals surface area contributed by atoms with Crippen molar-refractivity contribution in [3.8, 4) is 11.8 Å². The number of hydrogen-bond acceptors (Lipinski definition) is 4. The molecule has 3 atom stereocenters. The monoisotopic (exact) mass is 255 g/mol. The number of nitriles is 1. The topological polar surface area (TPSA) is 59.3 Å². The summed E-state index contributed by atoms with van der Waals surface area (Å²) in [6, 6.07) is 9.20. The van der Waals surface area contributed by atoms with Crippen molar-refractivity contribution in [3.05, 3.63) is 42.0 Å². The zero-order chi connectivity index (χ0) is 13.5. The molecule has 3 rings (SSSR count). The predicted molar refractivity (Wildman–Crippen MR) is 67.8 cm³/mol. The molecule has 4 nitrogen and oxygen atoms in total. The number of ketones is 1. The van der Waals surface area contributed by atoms with E-state index < -0.39 is 17.6 Å². The molecule has 0 radical (unpaired) electrons. The van der Waals surface area contributed by atoms with E-state index in [9.17, 15) is 10.1 Å². The fourth-order valence-corrected chi connectivity index (χ4v) is 2.85. The van der Waals surface area contributed by atoms with Crippen LogP contribution in [0.15, 0.2) is 36.4 Å². The van der Waals surface area contributed by atoms with Gasteiger partial charge in [0.25, 0.3) is 0 Å². The van der Waals surface area contributed by atoms with Crippen LogP contribution in [0, 0.1) is 16.7 Å². The predicted octanol–water partition coefficient (Wildman–Crippen LogP) is 2.12. The maximum atomic E-state index is 12.8. The molecule has 4 heteroatoms. The van der Waals surface area contributed by atoms with Crippen LogP contribution in [0.25, 0.3) is 0 Å². The maximum Gasteiger partial charge on any atom is 0.193 e. The molecule has 0 fully saturated rings. The van der Waals surface area contributed by atoms with Gasteiger partial charge in [-0.25, -0.2) is 0 Å². The molecule has 96 valence electrons. The Hall–Kier alpha value is -2.12. The summed E-state index contributed by atoms with van der Waals surface area (Å²) in [5.41, 5.74) is -0.824. The van der Waals surface area contributed by atoms with Crippen LogP contribution >= 0.6 is 0 Å². The zero-order valence-electron chi connectivity index (χ0n) is 10.5. The van der Waals surface area contributed by atoms with Gasteiger partial charge in [-0.1, -0.05) is 24.3 Å². The number of carbonyl (C=O) groups is 1. The van der Waals surface area contributed by atoms with E-state index in [0.29, 0.717) is 17.7 Å². The molecule has 1 aromatic carbocycles. The zero-order valence-corrected chi connectivity index (χ0v) is 10.5. The Bertz CT molecular complexity index is 602. The highest BCUT2D eigenvalue weighted by atomic mass is 16.5. The Morgan fingerprint density at radius 3 is 3.00 bits per heavy atom. The van der Waals surface area contributed by atoms with Gasteiger partial charge in [0.2, 0.25) is 0 Å². The van der Waals surface area contributed by atoms with E-state index in [1.165, 1.54) is 7.11 Å². The van der Waals surface area contributed by atoms with Crippen molar-refractivity contribution < 1.29 is 14.3 Å². The molecule has 0 aromatic heterocycles. The van der Waals surface area contributed by atoms with Gasteiger partial charge in [-0.05, 0) is 12.1 Å². The molecule has 0 saturated carbocycles. The first-order chi connectivity index (χ1) is 9.24. The van der Waals surface area contributed by atoms with E-state index in [0.717, 1.165) is 0 Å². The summed E-state index contributed by atoms with van der Waals surface area (Å²) < 4.78 is 11.2. The highest BCUT2D eigenvalue weighted by Gasteiger charge is 2.57. The molecule has 1 aliphatic carbocycles. The first-order valence-electron chi connectivity index (χ1n) is 6.15. The van der Waals surface area contributed by atoms with Crippen LogP contribution in [-0.4, -0.2) is 25.1 Å². The Morgan fingerprint density at radius 2 is 2.26 bits per heavy atom. The van der Waals surface area contributed by atoms with Crippen molar-refractivity contribution in [2.75, 3.05) is 7.11 Å². The van der Waals surface area contributed by atoms with Crippen LogP contribution < -0.4 is 4.74 Å². The SMILES string of the molecule is CO[C@@H]1C=CC[C@@H]2Oc3ccccc3C(=O)[C@@]21C#N. The molecule has 0 spiro atoms. The van der Waals surface area contributed by atoms with E-state index in [4.69, 9.17) is 9.47 Å². The largest absolute Gasteiger partial charge is 0.487 e. The maximum absolute atomic E-state index is 12.8. The van der Waals surface area contributed by atoms with Crippen LogP contribution in [0.1, 0.15) is 16.8 Å². The lowest BCUT2D eigenvalue weighted by Crippen LogP contribution is -2.56. The summed E-state index contributed by atoms with van der Waals surface area (Å²) >= 11 is 0. The third kappa shape index (κ3) is 1.45. The molecule has 0 saturated heterocycles. The Morgan fingerprint density at radius 1 is 1.47 bits per heavy atom. The summed E-state index contributed by atoms with van der Waals surface area (Å²) in [4.78, 5) is 12.8. The molecule has 1 aliphatic heterocycles. The number of para-hydroxylation sites is 1. The number of carbonyl (C=O) groups excluding carboxylic acids is 1. The minimum absolute atomic E-state index is 0.210. The standard InChI is InChI=1S/C15H13NO3/c1-18-12-7-4-8-13-15(12,9-16)14(17)10-5-2-3-6-11(10)19-13/h2-7,12-13H,8H2,1H3/t12-,13+,15-/m1/s1. The van der Waals surface area contributed by atoms with Crippen molar-refractivity contribution >= 4 is 5.78 Å². The van der Waals surface area contributed by atoms with Crippen LogP contribution in [0.3, 0.4) is 0 Å². The van der Waals surface area contributed by atoms with Gasteiger partial charge in [0.1, 0.15) is 18.0 Å². The molecular weight excluding hydrogens is 242 g/mol. The number of nitrogens with zero attached hydrogens (tertiary/aromatic N) is 1. The fourth-order valence-electron chi connectivity index (χ4n) is 2.85. The third-order valence-corrected chi connectivity index (χ3v) is 3.83. The van der Waals surface area contributed by atoms with Crippen molar-refractivity contribution in [1.82, 2.24) is 0 Å². The molecule has 1 heterocycles. The van der Waals surface area contributed by atoms with Gasteiger partial charge in [-0.3, -0.25) is 4.79 Å². The lowest BCUT2D eigenvalue weighted by molar-refractivity contribution is -0.0211. The molecule has 19 heavy (non-hydrogen) atoms. The Balaban J connectivity index is 2.19. The number of fused-ring (bicyclic) bond motifs is 2. The number of ether oxygens (including phenoxy) is 2. The number of hydrogen-bond donors (Lipinski definition) is 0. The van der Waals surface area contributed by atoms with Crippen molar-refractivity contribution in [3.63, 3.8) is 0 Å². The van der Waals surface area contributed by atoms with Crippen molar-refractivity contribution in [2.24, 2.45) is 5.41 Å². The molecular formula is C15H13NO3. The number of methoxy groups -OCH3 is 1. The molecule has 0 amide bonds. The van der Waals surface area contributed by atoms with E-state index in [2.05, 4.69) is 6.07 Å². The van der Waals surface area contributed by atoms with Gasteiger partial charge in [0.05, 0.1) is 11.6 Å². The van der Waals surface area contributed by atoms with Gasteiger partial charge in [0.15, 0.2) is 11.2 Å². The normalized spacial score (nSPS) is 31.9. The van der Waals surface area contributed by atoms with Gasteiger partial charge < -0.3 is 9.47 Å². The first kappa shape index (κ1) is 11.9. The van der Waals surface area contributed by atoms with E-state index in [-0.39, 0.29) is 5.78 Å². The quantitative estimate of drug-likeness (QED) is 0.721. The second-order valence-corrected chi connectivity index (χ2v) is 4.73. The summed E-state index contributed by atoms with van der Waals surface area (Å²) in [6.07, 6.45) is 3.14. The molecule has 0 N–H and O–H groups in total. The number of rotatable bonds is 1. The summed E-state index contributed by atoms with van der Waals surface area (Å²) in [5, 5.41) is 9.61. The third-order valence-electron chi connectivity index (χ3n) is 3.83. The van der Waals surface area contributed by atoms with Crippen LogP contribution in [0.2, 0.25) is 0 Å². The second kappa shape index (κ2) is 4.22. The van der Waals surface area contributed by atoms with E-state index in [1.54, 1.807) is 24.3 Å². The molecule has 0 unspecified atom stereocenters. The van der Waals surface area contributed by atoms with Gasteiger partial charge in [-0.15, -0.1) is 0 Å². The molecule has 2 aliphatic rings. The summed E-state index contributed by atoms with van der Waals surface area (Å²) in [7, 11) is 1.50. The minimum atomic E-state index is -1.28. The van der Waals surface area contributed by atoms with Crippen LogP contribution in [0.5, 0.6) is 5.75 Å². The second-order valence-electron chi connectivity index (χ2n) is 4.73. The molecule has 0 bridgehead atoms. The Kier molecular flexibility index (Phi) is 2.65. The lowest BCUT2D eigenvalue weighted by atomic mass is 9.67. The van der Waals surface area contributed by atoms with Gasteiger partial charge in [-0.2, -0.15) is 5.26 Å². The van der Waals surface area contributed by atoms with Crippen molar-refractivity contribution in [1.29, 1.82) is 5.26 Å². The number of Topliss-reactive ketones (excluding diaryl/α,β-unsaturated/α-hetero) is 1. The minimum Gasteiger partial charge on any atom is -0.487 e. The Labute approximate surface area is 111 Å². The molecule has 1 aromatic rings. The fraction of sp³-hybridized carbons (Fsp3) is 0.333. The average Bonchev–Trinajstić information content (AvgIpc) is 2.46. The van der Waals surface area contributed by atoms with Gasteiger partial charge >= 0.3 is 0 Å².